The third-order valence-electron chi connectivity index (χ3n) is 0.947. The van der Waals surface area contributed by atoms with E-state index in [9.17, 15) is 4.79 Å². The number of carbonyl (C=O) groups excluding carboxylic acids is 1. The molecule has 0 aliphatic heterocycles. The molecular weight excluding hydrogens is 158 g/mol. The van der Waals surface area contributed by atoms with Crippen molar-refractivity contribution in [1.82, 2.24) is 16.0 Å². The lowest BCUT2D eigenvalue weighted by Gasteiger charge is -2.18. The summed E-state index contributed by atoms with van der Waals surface area (Å²) in [5.41, 5.74) is 4.93. The van der Waals surface area contributed by atoms with Crippen molar-refractivity contribution in [2.45, 2.75) is 6.92 Å². The van der Waals surface area contributed by atoms with Gasteiger partial charge in [0.2, 0.25) is 5.91 Å². The van der Waals surface area contributed by atoms with Gasteiger partial charge < -0.3 is 0 Å². The van der Waals surface area contributed by atoms with Gasteiger partial charge in [0.05, 0.1) is 12.1 Å². The molecule has 0 saturated carbocycles. The summed E-state index contributed by atoms with van der Waals surface area (Å²) >= 11 is 0. The molecule has 0 atom stereocenters. The molecule has 6 heteroatoms. The number of carbonyl (C=O) groups is 1. The molecule has 0 heterocycles. The van der Waals surface area contributed by atoms with Gasteiger partial charge in [-0.15, -0.1) is 0 Å². The van der Waals surface area contributed by atoms with Gasteiger partial charge in [0.1, 0.15) is 13.1 Å². The zero-order valence-corrected chi connectivity index (χ0v) is 6.66. The molecule has 0 aliphatic rings. The van der Waals surface area contributed by atoms with Crippen LogP contribution in [0.1, 0.15) is 6.92 Å². The van der Waals surface area contributed by atoms with E-state index in [4.69, 9.17) is 10.5 Å². The van der Waals surface area contributed by atoms with Crippen LogP contribution >= 0.6 is 0 Å². The Balaban J connectivity index is 3.82. The Bertz CT molecular complexity index is 207. The smallest absolute Gasteiger partial charge is 0.248 e. The molecule has 0 fully saturated rings. The predicted molar refractivity (Wildman–Crippen MR) is 39.8 cm³/mol. The van der Waals surface area contributed by atoms with E-state index in [0.29, 0.717) is 0 Å². The summed E-state index contributed by atoms with van der Waals surface area (Å²) in [5, 5.41) is 17.4. The van der Waals surface area contributed by atoms with Crippen molar-refractivity contribution >= 4 is 5.91 Å². The van der Waals surface area contributed by atoms with Gasteiger partial charge in [-0.3, -0.25) is 4.79 Å². The molecule has 0 spiro atoms. The van der Waals surface area contributed by atoms with E-state index in [1.807, 2.05) is 0 Å². The zero-order chi connectivity index (χ0) is 9.40. The summed E-state index contributed by atoms with van der Waals surface area (Å²) in [7, 11) is 0. The van der Waals surface area contributed by atoms with Crippen LogP contribution < -0.4 is 10.9 Å². The molecule has 0 aromatic rings. The largest absolute Gasteiger partial charge is 0.272 e. The van der Waals surface area contributed by atoms with Gasteiger partial charge in [0.25, 0.3) is 0 Å². The molecule has 12 heavy (non-hydrogen) atoms. The zero-order valence-electron chi connectivity index (χ0n) is 6.66. The fourth-order valence-corrected chi connectivity index (χ4v) is 0.507. The van der Waals surface area contributed by atoms with Crippen LogP contribution in [0.2, 0.25) is 0 Å². The molecule has 0 saturated heterocycles. The SMILES string of the molecule is CC(=O)N(NCC#N)NCC#N. The maximum absolute atomic E-state index is 10.7. The number of hydrogen-bond acceptors (Lipinski definition) is 5. The van der Waals surface area contributed by atoms with Crippen LogP contribution in [0.5, 0.6) is 0 Å². The number of hydrogen-bond donors (Lipinski definition) is 2. The third-order valence-corrected chi connectivity index (χ3v) is 0.947. The molecule has 1 amide bonds. The fraction of sp³-hybridized carbons (Fsp3) is 0.500. The van der Waals surface area contributed by atoms with Gasteiger partial charge in [-0.1, -0.05) is 0 Å². The van der Waals surface area contributed by atoms with Crippen LogP contribution in [0.4, 0.5) is 0 Å². The molecule has 0 aromatic carbocycles. The van der Waals surface area contributed by atoms with E-state index in [-0.39, 0.29) is 19.0 Å². The first kappa shape index (κ1) is 10.4. The van der Waals surface area contributed by atoms with E-state index >= 15 is 0 Å². The Hall–Kier alpha value is -1.63. The number of rotatable bonds is 4. The van der Waals surface area contributed by atoms with Gasteiger partial charge in [0.15, 0.2) is 0 Å². The number of nitrogens with one attached hydrogen (secondary N) is 2. The number of nitrogens with zero attached hydrogens (tertiary/aromatic N) is 3. The summed E-state index contributed by atoms with van der Waals surface area (Å²) in [5.74, 6) is -0.305. The topological polar surface area (TPSA) is 91.9 Å². The Kier molecular flexibility index (Phi) is 5.28. The molecule has 0 bridgehead atoms. The highest BCUT2D eigenvalue weighted by Crippen LogP contribution is 1.75. The number of amides is 1. The van der Waals surface area contributed by atoms with Crippen LogP contribution in [-0.4, -0.2) is 24.1 Å². The maximum atomic E-state index is 10.7. The van der Waals surface area contributed by atoms with Crippen molar-refractivity contribution in [2.24, 2.45) is 0 Å². The monoisotopic (exact) mass is 167 g/mol. The van der Waals surface area contributed by atoms with Crippen LogP contribution in [0.25, 0.3) is 0 Å². The standard InChI is InChI=1S/C6H9N5O/c1-6(12)11(9-4-2-7)10-5-3-8/h9-10H,4-5H2,1H3. The number of hydrazine groups is 2. The summed E-state index contributed by atoms with van der Waals surface area (Å²) in [4.78, 5) is 10.7. The van der Waals surface area contributed by atoms with Gasteiger partial charge in [-0.2, -0.15) is 10.5 Å². The lowest BCUT2D eigenvalue weighted by Crippen LogP contribution is -2.51. The average molecular weight is 167 g/mol. The first-order valence-electron chi connectivity index (χ1n) is 3.24. The van der Waals surface area contributed by atoms with Crippen LogP contribution in [0.3, 0.4) is 0 Å². The molecular formula is C6H9N5O. The second-order valence-electron chi connectivity index (χ2n) is 1.84. The van der Waals surface area contributed by atoms with Crippen LogP contribution in [-0.2, 0) is 4.79 Å². The molecule has 2 N–H and O–H groups in total. The molecule has 0 rings (SSSR count). The Morgan fingerprint density at radius 2 is 1.75 bits per heavy atom. The van der Waals surface area contributed by atoms with Crippen molar-refractivity contribution in [3.63, 3.8) is 0 Å². The van der Waals surface area contributed by atoms with Gasteiger partial charge >= 0.3 is 0 Å². The predicted octanol–water partition coefficient (Wildman–Crippen LogP) is -1.11. The van der Waals surface area contributed by atoms with Gasteiger partial charge in [-0.05, 0) is 0 Å². The Morgan fingerprint density at radius 3 is 2.00 bits per heavy atom. The van der Waals surface area contributed by atoms with Crippen molar-refractivity contribution in [3.8, 4) is 12.1 Å². The van der Waals surface area contributed by atoms with Crippen LogP contribution in [0, 0.1) is 22.7 Å². The second-order valence-corrected chi connectivity index (χ2v) is 1.84. The second kappa shape index (κ2) is 6.10. The molecule has 64 valence electrons. The number of nitriles is 2. The van der Waals surface area contributed by atoms with Gasteiger partial charge in [-0.25, -0.2) is 16.0 Å². The van der Waals surface area contributed by atoms with Crippen LogP contribution in [0.15, 0.2) is 0 Å². The van der Waals surface area contributed by atoms with Crippen molar-refractivity contribution in [1.29, 1.82) is 10.5 Å². The fourth-order valence-electron chi connectivity index (χ4n) is 0.507. The molecule has 0 unspecified atom stereocenters. The Labute approximate surface area is 70.3 Å². The summed E-state index contributed by atoms with van der Waals surface area (Å²) < 4.78 is 0. The summed E-state index contributed by atoms with van der Waals surface area (Å²) in [6.45, 7) is 1.34. The normalized spacial score (nSPS) is 8.25. The minimum Gasteiger partial charge on any atom is -0.272 e. The van der Waals surface area contributed by atoms with E-state index in [2.05, 4.69) is 10.9 Å². The van der Waals surface area contributed by atoms with Gasteiger partial charge in [0, 0.05) is 6.92 Å². The highest BCUT2D eigenvalue weighted by atomic mass is 16.2. The van der Waals surface area contributed by atoms with E-state index in [0.717, 1.165) is 5.12 Å². The molecule has 0 aliphatic carbocycles. The Morgan fingerprint density at radius 1 is 1.33 bits per heavy atom. The highest BCUT2D eigenvalue weighted by molar-refractivity contribution is 5.72. The first-order chi connectivity index (χ1) is 5.72. The van der Waals surface area contributed by atoms with E-state index in [1.54, 1.807) is 12.1 Å². The average Bonchev–Trinajstić information content (AvgIpc) is 2.04. The minimum absolute atomic E-state index is 0.0119. The molecule has 6 nitrogen and oxygen atoms in total. The molecule has 0 radical (unpaired) electrons. The third kappa shape index (κ3) is 4.23. The van der Waals surface area contributed by atoms with E-state index in [1.165, 1.54) is 6.92 Å². The summed E-state index contributed by atoms with van der Waals surface area (Å²) in [6.07, 6.45) is 0. The van der Waals surface area contributed by atoms with Crippen molar-refractivity contribution in [2.75, 3.05) is 13.1 Å². The van der Waals surface area contributed by atoms with E-state index < -0.39 is 0 Å². The minimum atomic E-state index is -0.305. The van der Waals surface area contributed by atoms with Crippen molar-refractivity contribution < 1.29 is 4.79 Å². The van der Waals surface area contributed by atoms with Crippen molar-refractivity contribution in [3.05, 3.63) is 0 Å². The first-order valence-corrected chi connectivity index (χ1v) is 3.24. The lowest BCUT2D eigenvalue weighted by molar-refractivity contribution is -0.135. The maximum Gasteiger partial charge on any atom is 0.248 e. The summed E-state index contributed by atoms with van der Waals surface area (Å²) in [6, 6.07) is 3.60. The lowest BCUT2D eigenvalue weighted by atomic mass is 10.7. The molecule has 0 aromatic heterocycles. The quantitative estimate of drug-likeness (QED) is 0.409. The highest BCUT2D eigenvalue weighted by Gasteiger charge is 2.04.